The maximum absolute atomic E-state index is 11.1. The van der Waals surface area contributed by atoms with Crippen molar-refractivity contribution in [1.82, 2.24) is 0 Å². The Morgan fingerprint density at radius 2 is 1.41 bits per heavy atom. The van der Waals surface area contributed by atoms with Crippen LogP contribution in [0, 0.1) is 0 Å². The number of rotatable bonds is 3. The van der Waals surface area contributed by atoms with E-state index in [1.54, 1.807) is 6.92 Å². The maximum atomic E-state index is 11.1. The zero-order chi connectivity index (χ0) is 12.3. The van der Waals surface area contributed by atoms with E-state index in [1.165, 1.54) is 0 Å². The van der Waals surface area contributed by atoms with Crippen LogP contribution in [0.15, 0.2) is 53.0 Å². The van der Waals surface area contributed by atoms with Gasteiger partial charge in [0.15, 0.2) is 5.78 Å². The summed E-state index contributed by atoms with van der Waals surface area (Å²) in [5, 5.41) is 3.27. The summed E-state index contributed by atoms with van der Waals surface area (Å²) in [5.74, 6) is 0.0835. The third kappa shape index (κ3) is 3.17. The summed E-state index contributed by atoms with van der Waals surface area (Å²) in [5.41, 5.74) is 2.72. The fourth-order valence-electron chi connectivity index (χ4n) is 1.49. The minimum Gasteiger partial charge on any atom is -0.356 e. The van der Waals surface area contributed by atoms with Gasteiger partial charge >= 0.3 is 0 Å². The first kappa shape index (κ1) is 11.9. The van der Waals surface area contributed by atoms with Crippen molar-refractivity contribution < 1.29 is 4.79 Å². The lowest BCUT2D eigenvalue weighted by Crippen LogP contribution is -1.93. The highest BCUT2D eigenvalue weighted by molar-refractivity contribution is 9.10. The molecule has 0 spiro atoms. The van der Waals surface area contributed by atoms with E-state index in [-0.39, 0.29) is 5.78 Å². The maximum Gasteiger partial charge on any atom is 0.159 e. The Balaban J connectivity index is 2.13. The van der Waals surface area contributed by atoms with Gasteiger partial charge in [-0.15, -0.1) is 0 Å². The van der Waals surface area contributed by atoms with E-state index in [1.807, 2.05) is 48.5 Å². The van der Waals surface area contributed by atoms with Gasteiger partial charge in [0.2, 0.25) is 0 Å². The van der Waals surface area contributed by atoms with Crippen molar-refractivity contribution in [3.05, 3.63) is 58.6 Å². The molecular weight excluding hydrogens is 278 g/mol. The normalized spacial score (nSPS) is 10.0. The summed E-state index contributed by atoms with van der Waals surface area (Å²) < 4.78 is 1.05. The number of halogens is 1. The van der Waals surface area contributed by atoms with Crippen LogP contribution in [0.3, 0.4) is 0 Å². The standard InChI is InChI=1S/C14H12BrNO/c1-10(17)11-2-6-13(7-3-11)16-14-8-4-12(15)5-9-14/h2-9,16H,1H3. The van der Waals surface area contributed by atoms with Crippen molar-refractivity contribution in [2.75, 3.05) is 5.32 Å². The molecule has 2 aromatic carbocycles. The Morgan fingerprint density at radius 3 is 1.88 bits per heavy atom. The number of anilines is 2. The monoisotopic (exact) mass is 289 g/mol. The van der Waals surface area contributed by atoms with Gasteiger partial charge in [0.05, 0.1) is 0 Å². The van der Waals surface area contributed by atoms with Gasteiger partial charge in [-0.1, -0.05) is 15.9 Å². The molecule has 0 atom stereocenters. The van der Waals surface area contributed by atoms with Crippen LogP contribution in [-0.4, -0.2) is 5.78 Å². The van der Waals surface area contributed by atoms with Crippen molar-refractivity contribution in [3.63, 3.8) is 0 Å². The number of Topliss-reactive ketones (excluding diaryl/α,β-unsaturated/α-hetero) is 1. The zero-order valence-corrected chi connectivity index (χ0v) is 11.0. The highest BCUT2D eigenvalue weighted by Crippen LogP contribution is 2.19. The van der Waals surface area contributed by atoms with Gasteiger partial charge < -0.3 is 5.32 Å². The van der Waals surface area contributed by atoms with E-state index in [2.05, 4.69) is 21.2 Å². The number of nitrogens with one attached hydrogen (secondary N) is 1. The molecule has 0 unspecified atom stereocenters. The van der Waals surface area contributed by atoms with Crippen LogP contribution < -0.4 is 5.32 Å². The first-order valence-corrected chi connectivity index (χ1v) is 6.08. The summed E-state index contributed by atoms with van der Waals surface area (Å²) in [6.07, 6.45) is 0. The van der Waals surface area contributed by atoms with Crippen molar-refractivity contribution in [2.24, 2.45) is 0 Å². The molecule has 0 fully saturated rings. The van der Waals surface area contributed by atoms with E-state index in [9.17, 15) is 4.79 Å². The number of hydrogen-bond donors (Lipinski definition) is 1. The third-order valence-electron chi connectivity index (χ3n) is 2.42. The van der Waals surface area contributed by atoms with Crippen molar-refractivity contribution in [3.8, 4) is 0 Å². The number of carbonyl (C=O) groups excluding carboxylic acids is 1. The van der Waals surface area contributed by atoms with Crippen LogP contribution >= 0.6 is 15.9 Å². The summed E-state index contributed by atoms with van der Waals surface area (Å²) >= 11 is 3.39. The Kier molecular flexibility index (Phi) is 3.59. The molecule has 0 bridgehead atoms. The van der Waals surface area contributed by atoms with Gasteiger partial charge in [-0.25, -0.2) is 0 Å². The quantitative estimate of drug-likeness (QED) is 0.849. The topological polar surface area (TPSA) is 29.1 Å². The van der Waals surface area contributed by atoms with Crippen molar-refractivity contribution in [2.45, 2.75) is 6.92 Å². The lowest BCUT2D eigenvalue weighted by molar-refractivity contribution is 0.101. The summed E-state index contributed by atoms with van der Waals surface area (Å²) in [4.78, 5) is 11.1. The highest BCUT2D eigenvalue weighted by Gasteiger charge is 1.99. The van der Waals surface area contributed by atoms with E-state index >= 15 is 0 Å². The minimum absolute atomic E-state index is 0.0835. The van der Waals surface area contributed by atoms with Gasteiger partial charge in [0.25, 0.3) is 0 Å². The van der Waals surface area contributed by atoms with E-state index < -0.39 is 0 Å². The summed E-state index contributed by atoms with van der Waals surface area (Å²) in [6, 6.07) is 15.4. The third-order valence-corrected chi connectivity index (χ3v) is 2.95. The molecule has 0 aromatic heterocycles. The molecule has 0 aliphatic carbocycles. The van der Waals surface area contributed by atoms with Gasteiger partial charge in [-0.05, 0) is 55.5 Å². The van der Waals surface area contributed by atoms with Gasteiger partial charge in [0.1, 0.15) is 0 Å². The molecule has 0 aliphatic rings. The van der Waals surface area contributed by atoms with Crippen LogP contribution in [0.4, 0.5) is 11.4 Å². The average Bonchev–Trinajstić information content (AvgIpc) is 2.33. The second-order valence-electron chi connectivity index (χ2n) is 3.77. The van der Waals surface area contributed by atoms with Gasteiger partial charge in [-0.3, -0.25) is 4.79 Å². The number of ketones is 1. The first-order chi connectivity index (χ1) is 8.15. The zero-order valence-electron chi connectivity index (χ0n) is 9.41. The average molecular weight is 290 g/mol. The Labute approximate surface area is 109 Å². The Bertz CT molecular complexity index is 517. The number of carbonyl (C=O) groups is 1. The molecule has 2 aromatic rings. The fourth-order valence-corrected chi connectivity index (χ4v) is 1.75. The fraction of sp³-hybridized carbons (Fsp3) is 0.0714. The van der Waals surface area contributed by atoms with Crippen molar-refractivity contribution in [1.29, 1.82) is 0 Å². The van der Waals surface area contributed by atoms with Crippen LogP contribution in [-0.2, 0) is 0 Å². The van der Waals surface area contributed by atoms with Gasteiger partial charge in [-0.2, -0.15) is 0 Å². The highest BCUT2D eigenvalue weighted by atomic mass is 79.9. The largest absolute Gasteiger partial charge is 0.356 e. The molecule has 3 heteroatoms. The molecule has 17 heavy (non-hydrogen) atoms. The van der Waals surface area contributed by atoms with E-state index in [4.69, 9.17) is 0 Å². The number of benzene rings is 2. The molecule has 2 nitrogen and oxygen atoms in total. The van der Waals surface area contributed by atoms with Crippen LogP contribution in [0.25, 0.3) is 0 Å². The second kappa shape index (κ2) is 5.15. The van der Waals surface area contributed by atoms with E-state index in [0.29, 0.717) is 0 Å². The van der Waals surface area contributed by atoms with Crippen LogP contribution in [0.1, 0.15) is 17.3 Å². The molecule has 0 saturated heterocycles. The van der Waals surface area contributed by atoms with Gasteiger partial charge in [0, 0.05) is 21.4 Å². The lowest BCUT2D eigenvalue weighted by Gasteiger charge is -2.06. The van der Waals surface area contributed by atoms with Crippen LogP contribution in [0.5, 0.6) is 0 Å². The predicted octanol–water partition coefficient (Wildman–Crippen LogP) is 4.40. The smallest absolute Gasteiger partial charge is 0.159 e. The van der Waals surface area contributed by atoms with Crippen molar-refractivity contribution >= 4 is 33.1 Å². The Morgan fingerprint density at radius 1 is 0.941 bits per heavy atom. The van der Waals surface area contributed by atoms with E-state index in [0.717, 1.165) is 21.4 Å². The molecular formula is C14H12BrNO. The molecule has 0 saturated carbocycles. The molecule has 0 amide bonds. The lowest BCUT2D eigenvalue weighted by atomic mass is 10.1. The molecule has 1 N–H and O–H groups in total. The minimum atomic E-state index is 0.0835. The summed E-state index contributed by atoms with van der Waals surface area (Å²) in [7, 11) is 0. The molecule has 0 heterocycles. The molecule has 0 aliphatic heterocycles. The second-order valence-corrected chi connectivity index (χ2v) is 4.68. The van der Waals surface area contributed by atoms with Crippen LogP contribution in [0.2, 0.25) is 0 Å². The molecule has 2 rings (SSSR count). The summed E-state index contributed by atoms with van der Waals surface area (Å²) in [6.45, 7) is 1.57. The number of hydrogen-bond acceptors (Lipinski definition) is 2. The first-order valence-electron chi connectivity index (χ1n) is 5.29. The SMILES string of the molecule is CC(=O)c1ccc(Nc2ccc(Br)cc2)cc1. The predicted molar refractivity (Wildman–Crippen MR) is 73.9 cm³/mol. The molecule has 0 radical (unpaired) electrons. The molecule has 86 valence electrons. The Hall–Kier alpha value is -1.61.